The quantitative estimate of drug-likeness (QED) is 0.606. The van der Waals surface area contributed by atoms with E-state index in [2.05, 4.69) is 57.2 Å². The molecule has 1 aliphatic carbocycles. The van der Waals surface area contributed by atoms with Crippen LogP contribution in [0.4, 0.5) is 0 Å². The Labute approximate surface area is 110 Å². The predicted molar refractivity (Wildman–Crippen MR) is 78.9 cm³/mol. The topological polar surface area (TPSA) is 0 Å². The highest BCUT2D eigenvalue weighted by Gasteiger charge is 2.28. The molecule has 0 aliphatic heterocycles. The summed E-state index contributed by atoms with van der Waals surface area (Å²) >= 11 is 0. The Morgan fingerprint density at radius 1 is 0.944 bits per heavy atom. The van der Waals surface area contributed by atoms with Crippen molar-refractivity contribution < 1.29 is 0 Å². The van der Waals surface area contributed by atoms with Gasteiger partial charge in [-0.15, -0.1) is 0 Å². The maximum absolute atomic E-state index is 2.42. The standard InChI is InChI=1S/C18H22/c1-18(2,3)17-9-8-15-10-13-6-4-5-7-14(13)11-16(15)12-17/h4-7,10-11,17H,8-9,12H2,1-3H3. The van der Waals surface area contributed by atoms with Crippen molar-refractivity contribution in [3.63, 3.8) is 0 Å². The van der Waals surface area contributed by atoms with E-state index in [4.69, 9.17) is 0 Å². The first kappa shape index (κ1) is 11.8. The summed E-state index contributed by atoms with van der Waals surface area (Å²) in [6.07, 6.45) is 3.85. The highest BCUT2D eigenvalue weighted by molar-refractivity contribution is 5.84. The second kappa shape index (κ2) is 4.12. The fourth-order valence-corrected chi connectivity index (χ4v) is 3.19. The largest absolute Gasteiger partial charge is 0.0616 e. The van der Waals surface area contributed by atoms with Crippen molar-refractivity contribution in [3.05, 3.63) is 47.5 Å². The van der Waals surface area contributed by atoms with Gasteiger partial charge in [-0.05, 0) is 52.5 Å². The van der Waals surface area contributed by atoms with Crippen molar-refractivity contribution in [2.45, 2.75) is 40.0 Å². The van der Waals surface area contributed by atoms with Gasteiger partial charge in [0.1, 0.15) is 0 Å². The fourth-order valence-electron chi connectivity index (χ4n) is 3.19. The van der Waals surface area contributed by atoms with Gasteiger partial charge in [0.25, 0.3) is 0 Å². The Morgan fingerprint density at radius 3 is 2.17 bits per heavy atom. The van der Waals surface area contributed by atoms with Crippen molar-refractivity contribution in [2.24, 2.45) is 11.3 Å². The van der Waals surface area contributed by atoms with Gasteiger partial charge in [-0.1, -0.05) is 57.2 Å². The van der Waals surface area contributed by atoms with Crippen LogP contribution in [0.3, 0.4) is 0 Å². The van der Waals surface area contributed by atoms with Gasteiger partial charge in [0.2, 0.25) is 0 Å². The summed E-state index contributed by atoms with van der Waals surface area (Å²) in [6.45, 7) is 7.14. The highest BCUT2D eigenvalue weighted by Crippen LogP contribution is 2.38. The van der Waals surface area contributed by atoms with Gasteiger partial charge >= 0.3 is 0 Å². The number of hydrogen-bond donors (Lipinski definition) is 0. The van der Waals surface area contributed by atoms with Crippen molar-refractivity contribution in [1.82, 2.24) is 0 Å². The molecule has 0 bridgehead atoms. The van der Waals surface area contributed by atoms with Crippen molar-refractivity contribution in [3.8, 4) is 0 Å². The number of hydrogen-bond acceptors (Lipinski definition) is 0. The van der Waals surface area contributed by atoms with E-state index >= 15 is 0 Å². The summed E-state index contributed by atoms with van der Waals surface area (Å²) in [6, 6.07) is 13.6. The van der Waals surface area contributed by atoms with Crippen molar-refractivity contribution >= 4 is 10.8 Å². The Bertz CT molecular complexity index is 572. The van der Waals surface area contributed by atoms with E-state index in [9.17, 15) is 0 Å². The van der Waals surface area contributed by atoms with Crippen LogP contribution in [0, 0.1) is 11.3 Å². The summed E-state index contributed by atoms with van der Waals surface area (Å²) in [5.41, 5.74) is 3.60. The summed E-state index contributed by atoms with van der Waals surface area (Å²) in [5.74, 6) is 0.825. The minimum absolute atomic E-state index is 0.434. The molecule has 0 aromatic heterocycles. The van der Waals surface area contributed by atoms with Crippen LogP contribution in [-0.2, 0) is 12.8 Å². The molecular weight excluding hydrogens is 216 g/mol. The third-order valence-corrected chi connectivity index (χ3v) is 4.52. The summed E-state index contributed by atoms with van der Waals surface area (Å²) in [5, 5.41) is 2.79. The Hall–Kier alpha value is -1.30. The van der Waals surface area contributed by atoms with Gasteiger partial charge in [0, 0.05) is 0 Å². The molecule has 2 aromatic carbocycles. The highest BCUT2D eigenvalue weighted by atomic mass is 14.3. The molecule has 0 amide bonds. The summed E-state index contributed by atoms with van der Waals surface area (Å²) < 4.78 is 0. The third-order valence-electron chi connectivity index (χ3n) is 4.52. The zero-order valence-corrected chi connectivity index (χ0v) is 11.7. The predicted octanol–water partition coefficient (Wildman–Crippen LogP) is 4.99. The number of aryl methyl sites for hydroxylation is 1. The van der Waals surface area contributed by atoms with Gasteiger partial charge in [-0.3, -0.25) is 0 Å². The second-order valence-electron chi connectivity index (χ2n) is 6.77. The lowest BCUT2D eigenvalue weighted by Gasteiger charge is -2.35. The molecule has 0 N–H and O–H groups in total. The minimum Gasteiger partial charge on any atom is -0.0616 e. The van der Waals surface area contributed by atoms with E-state index in [0.29, 0.717) is 5.41 Å². The van der Waals surface area contributed by atoms with Crippen LogP contribution in [0.25, 0.3) is 10.8 Å². The molecule has 18 heavy (non-hydrogen) atoms. The van der Waals surface area contributed by atoms with Crippen LogP contribution < -0.4 is 0 Å². The van der Waals surface area contributed by atoms with E-state index < -0.39 is 0 Å². The van der Waals surface area contributed by atoms with Crippen LogP contribution in [0.15, 0.2) is 36.4 Å². The maximum Gasteiger partial charge on any atom is -0.0181 e. The Kier molecular flexibility index (Phi) is 2.69. The molecule has 0 heteroatoms. The van der Waals surface area contributed by atoms with Crippen molar-refractivity contribution in [2.75, 3.05) is 0 Å². The van der Waals surface area contributed by atoms with Crippen LogP contribution in [-0.4, -0.2) is 0 Å². The van der Waals surface area contributed by atoms with Gasteiger partial charge in [-0.2, -0.15) is 0 Å². The van der Waals surface area contributed by atoms with Crippen LogP contribution in [0.2, 0.25) is 0 Å². The molecule has 3 rings (SSSR count). The zero-order valence-electron chi connectivity index (χ0n) is 11.7. The molecular formula is C18H22. The molecule has 1 atom stereocenters. The van der Waals surface area contributed by atoms with E-state index in [0.717, 1.165) is 5.92 Å². The van der Waals surface area contributed by atoms with Crippen LogP contribution >= 0.6 is 0 Å². The minimum atomic E-state index is 0.434. The summed E-state index contributed by atoms with van der Waals surface area (Å²) in [7, 11) is 0. The monoisotopic (exact) mass is 238 g/mol. The lowest BCUT2D eigenvalue weighted by Crippen LogP contribution is -2.26. The average molecular weight is 238 g/mol. The SMILES string of the molecule is CC(C)(C)C1CCc2cc3ccccc3cc2C1. The number of benzene rings is 2. The van der Waals surface area contributed by atoms with Crippen molar-refractivity contribution in [1.29, 1.82) is 0 Å². The normalized spacial score (nSPS) is 19.8. The lowest BCUT2D eigenvalue weighted by atomic mass is 9.70. The molecule has 0 heterocycles. The van der Waals surface area contributed by atoms with Crippen LogP contribution in [0.1, 0.15) is 38.3 Å². The van der Waals surface area contributed by atoms with Gasteiger partial charge in [-0.25, -0.2) is 0 Å². The van der Waals surface area contributed by atoms with Crippen LogP contribution in [0.5, 0.6) is 0 Å². The maximum atomic E-state index is 2.42. The Balaban J connectivity index is 2.03. The molecule has 0 radical (unpaired) electrons. The van der Waals surface area contributed by atoms with Gasteiger partial charge < -0.3 is 0 Å². The van der Waals surface area contributed by atoms with Gasteiger partial charge in [0.05, 0.1) is 0 Å². The zero-order chi connectivity index (χ0) is 12.8. The molecule has 0 saturated heterocycles. The van der Waals surface area contributed by atoms with E-state index in [-0.39, 0.29) is 0 Å². The Morgan fingerprint density at radius 2 is 1.56 bits per heavy atom. The van der Waals surface area contributed by atoms with E-state index in [1.165, 1.54) is 30.0 Å². The van der Waals surface area contributed by atoms with Gasteiger partial charge in [0.15, 0.2) is 0 Å². The number of rotatable bonds is 0. The summed E-state index contributed by atoms with van der Waals surface area (Å²) in [4.78, 5) is 0. The second-order valence-corrected chi connectivity index (χ2v) is 6.77. The first-order valence-electron chi connectivity index (χ1n) is 7.04. The molecule has 2 aromatic rings. The molecule has 0 nitrogen and oxygen atoms in total. The lowest BCUT2D eigenvalue weighted by molar-refractivity contribution is 0.216. The average Bonchev–Trinajstić information content (AvgIpc) is 2.34. The smallest absolute Gasteiger partial charge is 0.0181 e. The molecule has 94 valence electrons. The molecule has 0 saturated carbocycles. The first-order valence-corrected chi connectivity index (χ1v) is 7.04. The van der Waals surface area contributed by atoms with E-state index in [1.54, 1.807) is 11.1 Å². The van der Waals surface area contributed by atoms with E-state index in [1.807, 2.05) is 0 Å². The fraction of sp³-hybridized carbons (Fsp3) is 0.444. The molecule has 1 aliphatic rings. The number of fused-ring (bicyclic) bond motifs is 2. The molecule has 1 unspecified atom stereocenters. The third kappa shape index (κ3) is 2.05. The first-order chi connectivity index (χ1) is 8.54. The molecule has 0 spiro atoms. The molecule has 0 fully saturated rings.